The van der Waals surface area contributed by atoms with Crippen LogP contribution < -0.4 is 4.90 Å². The van der Waals surface area contributed by atoms with Gasteiger partial charge in [0.1, 0.15) is 6.54 Å². The zero-order chi connectivity index (χ0) is 15.4. The van der Waals surface area contributed by atoms with Gasteiger partial charge in [0, 0.05) is 26.8 Å². The molecule has 0 saturated heterocycles. The van der Waals surface area contributed by atoms with E-state index >= 15 is 0 Å². The highest BCUT2D eigenvalue weighted by Gasteiger charge is 2.13. The highest BCUT2D eigenvalue weighted by Crippen LogP contribution is 2.26. The molecule has 110 valence electrons. The van der Waals surface area contributed by atoms with E-state index < -0.39 is 5.97 Å². The van der Waals surface area contributed by atoms with Crippen LogP contribution in [0.2, 0.25) is 10.0 Å². The minimum atomic E-state index is -0.903. The molecule has 2 aromatic rings. The van der Waals surface area contributed by atoms with Gasteiger partial charge in [-0.05, 0) is 35.9 Å². The summed E-state index contributed by atoms with van der Waals surface area (Å²) >= 11 is 15.3. The number of halogens is 3. The Morgan fingerprint density at radius 1 is 1.14 bits per heavy atom. The first-order valence-corrected chi connectivity index (χ1v) is 7.67. The predicted molar refractivity (Wildman–Crippen MR) is 89.3 cm³/mol. The van der Waals surface area contributed by atoms with E-state index in [4.69, 9.17) is 28.3 Å². The lowest BCUT2D eigenvalue weighted by atomic mass is 10.2. The first kappa shape index (κ1) is 16.1. The van der Waals surface area contributed by atoms with Gasteiger partial charge < -0.3 is 10.0 Å². The average Bonchev–Trinajstić information content (AvgIpc) is 2.40. The minimum absolute atomic E-state index is 0.116. The van der Waals surface area contributed by atoms with Crippen LogP contribution in [-0.2, 0) is 11.3 Å². The first-order valence-electron chi connectivity index (χ1n) is 6.12. The summed E-state index contributed by atoms with van der Waals surface area (Å²) in [7, 11) is 0. The molecule has 0 unspecified atom stereocenters. The standard InChI is InChI=1S/C15H12BrCl2NO2/c16-14-7-12(18)5-4-10(14)8-19(9-15(20)21)13-3-1-2-11(17)6-13/h1-7H,8-9H2,(H,20,21). The molecule has 21 heavy (non-hydrogen) atoms. The van der Waals surface area contributed by atoms with Gasteiger partial charge in [-0.15, -0.1) is 0 Å². The quantitative estimate of drug-likeness (QED) is 0.795. The number of aliphatic carboxylic acids is 1. The number of nitrogens with zero attached hydrogens (tertiary/aromatic N) is 1. The fraction of sp³-hybridized carbons (Fsp3) is 0.133. The molecular formula is C15H12BrCl2NO2. The fourth-order valence-electron chi connectivity index (χ4n) is 1.93. The number of carboxylic acid groups (broad SMARTS) is 1. The molecule has 0 radical (unpaired) electrons. The Morgan fingerprint density at radius 3 is 2.48 bits per heavy atom. The van der Waals surface area contributed by atoms with E-state index in [0.29, 0.717) is 16.6 Å². The van der Waals surface area contributed by atoms with Crippen molar-refractivity contribution in [3.05, 3.63) is 62.5 Å². The van der Waals surface area contributed by atoms with Crippen molar-refractivity contribution >= 4 is 50.8 Å². The third-order valence-corrected chi connectivity index (χ3v) is 4.08. The number of hydrogen-bond acceptors (Lipinski definition) is 2. The van der Waals surface area contributed by atoms with Gasteiger partial charge >= 0.3 is 5.97 Å². The molecule has 0 aliphatic rings. The predicted octanol–water partition coefficient (Wildman–Crippen LogP) is 4.85. The van der Waals surface area contributed by atoms with Crippen molar-refractivity contribution in [2.75, 3.05) is 11.4 Å². The van der Waals surface area contributed by atoms with E-state index in [-0.39, 0.29) is 6.54 Å². The van der Waals surface area contributed by atoms with Crippen molar-refractivity contribution in [1.29, 1.82) is 0 Å². The Hall–Kier alpha value is -1.23. The number of rotatable bonds is 5. The van der Waals surface area contributed by atoms with Gasteiger partial charge in [-0.1, -0.05) is 51.3 Å². The van der Waals surface area contributed by atoms with Gasteiger partial charge in [-0.25, -0.2) is 0 Å². The smallest absolute Gasteiger partial charge is 0.323 e. The molecule has 0 aliphatic carbocycles. The van der Waals surface area contributed by atoms with Crippen molar-refractivity contribution in [1.82, 2.24) is 0 Å². The Balaban J connectivity index is 2.30. The number of hydrogen-bond donors (Lipinski definition) is 1. The molecule has 0 saturated carbocycles. The van der Waals surface area contributed by atoms with E-state index in [0.717, 1.165) is 15.7 Å². The van der Waals surface area contributed by atoms with Crippen LogP contribution in [0.5, 0.6) is 0 Å². The molecule has 0 aliphatic heterocycles. The minimum Gasteiger partial charge on any atom is -0.480 e. The average molecular weight is 389 g/mol. The van der Waals surface area contributed by atoms with E-state index in [2.05, 4.69) is 15.9 Å². The van der Waals surface area contributed by atoms with Crippen LogP contribution >= 0.6 is 39.1 Å². The summed E-state index contributed by atoms with van der Waals surface area (Å²) in [5.41, 5.74) is 1.70. The first-order chi connectivity index (χ1) is 9.95. The summed E-state index contributed by atoms with van der Waals surface area (Å²) in [6.45, 7) is 0.319. The van der Waals surface area contributed by atoms with E-state index in [1.54, 1.807) is 35.2 Å². The summed E-state index contributed by atoms with van der Waals surface area (Å²) in [6.07, 6.45) is 0. The van der Waals surface area contributed by atoms with Gasteiger partial charge in [-0.2, -0.15) is 0 Å². The zero-order valence-electron chi connectivity index (χ0n) is 10.9. The van der Waals surface area contributed by atoms with Gasteiger partial charge in [0.05, 0.1) is 0 Å². The molecule has 2 rings (SSSR count). The summed E-state index contributed by atoms with van der Waals surface area (Å²) in [5.74, 6) is -0.903. The monoisotopic (exact) mass is 387 g/mol. The van der Waals surface area contributed by atoms with Gasteiger partial charge in [0.25, 0.3) is 0 Å². The van der Waals surface area contributed by atoms with Gasteiger partial charge in [-0.3, -0.25) is 4.79 Å². The second-order valence-corrected chi connectivity index (χ2v) is 6.19. The molecule has 0 atom stereocenters. The summed E-state index contributed by atoms with van der Waals surface area (Å²) in [5, 5.41) is 10.3. The van der Waals surface area contributed by atoms with Gasteiger partial charge in [0.15, 0.2) is 0 Å². The van der Waals surface area contributed by atoms with E-state index in [1.165, 1.54) is 0 Å². The normalized spacial score (nSPS) is 10.4. The number of benzene rings is 2. The molecule has 0 aromatic heterocycles. The number of anilines is 1. The van der Waals surface area contributed by atoms with E-state index in [9.17, 15) is 4.79 Å². The maximum Gasteiger partial charge on any atom is 0.323 e. The summed E-state index contributed by atoms with van der Waals surface area (Å²) in [4.78, 5) is 12.8. The summed E-state index contributed by atoms with van der Waals surface area (Å²) in [6, 6.07) is 12.6. The highest BCUT2D eigenvalue weighted by atomic mass is 79.9. The van der Waals surface area contributed by atoms with E-state index in [1.807, 2.05) is 12.1 Å². The lowest BCUT2D eigenvalue weighted by molar-refractivity contribution is -0.135. The molecule has 1 N–H and O–H groups in total. The zero-order valence-corrected chi connectivity index (χ0v) is 14.0. The van der Waals surface area contributed by atoms with Crippen molar-refractivity contribution in [2.45, 2.75) is 6.54 Å². The maximum absolute atomic E-state index is 11.1. The molecule has 0 heterocycles. The molecule has 0 spiro atoms. The van der Waals surface area contributed by atoms with Crippen LogP contribution in [0, 0.1) is 0 Å². The van der Waals surface area contributed by atoms with Crippen molar-refractivity contribution in [3.63, 3.8) is 0 Å². The van der Waals surface area contributed by atoms with Crippen LogP contribution in [-0.4, -0.2) is 17.6 Å². The molecule has 0 bridgehead atoms. The number of carbonyl (C=O) groups is 1. The Kier molecular flexibility index (Phi) is 5.51. The van der Waals surface area contributed by atoms with Crippen molar-refractivity contribution < 1.29 is 9.90 Å². The van der Waals surface area contributed by atoms with Crippen LogP contribution in [0.4, 0.5) is 5.69 Å². The maximum atomic E-state index is 11.1. The molecule has 6 heteroatoms. The largest absolute Gasteiger partial charge is 0.480 e. The molecule has 0 amide bonds. The highest BCUT2D eigenvalue weighted by molar-refractivity contribution is 9.10. The Morgan fingerprint density at radius 2 is 1.86 bits per heavy atom. The van der Waals surface area contributed by atoms with Crippen LogP contribution in [0.15, 0.2) is 46.9 Å². The molecule has 0 fully saturated rings. The topological polar surface area (TPSA) is 40.5 Å². The van der Waals surface area contributed by atoms with Gasteiger partial charge in [0.2, 0.25) is 0 Å². The second kappa shape index (κ2) is 7.16. The second-order valence-electron chi connectivity index (χ2n) is 4.47. The third kappa shape index (κ3) is 4.63. The Bertz CT molecular complexity index is 664. The van der Waals surface area contributed by atoms with Crippen LogP contribution in [0.3, 0.4) is 0 Å². The molecular weight excluding hydrogens is 377 g/mol. The van der Waals surface area contributed by atoms with Crippen LogP contribution in [0.25, 0.3) is 0 Å². The van der Waals surface area contributed by atoms with Crippen molar-refractivity contribution in [3.8, 4) is 0 Å². The van der Waals surface area contributed by atoms with Crippen molar-refractivity contribution in [2.24, 2.45) is 0 Å². The molecule has 3 nitrogen and oxygen atoms in total. The third-order valence-electron chi connectivity index (χ3n) is 2.88. The number of carboxylic acids is 1. The lowest BCUT2D eigenvalue weighted by Crippen LogP contribution is -2.29. The lowest BCUT2D eigenvalue weighted by Gasteiger charge is -2.24. The fourth-order valence-corrected chi connectivity index (χ4v) is 2.92. The SMILES string of the molecule is O=C(O)CN(Cc1ccc(Cl)cc1Br)c1cccc(Cl)c1. The Labute approximate surface area is 141 Å². The summed E-state index contributed by atoms with van der Waals surface area (Å²) < 4.78 is 0.840. The molecule has 2 aromatic carbocycles. The van der Waals surface area contributed by atoms with Crippen LogP contribution in [0.1, 0.15) is 5.56 Å².